The lowest BCUT2D eigenvalue weighted by Gasteiger charge is -2.08. The van der Waals surface area contributed by atoms with Crippen molar-refractivity contribution in [3.63, 3.8) is 0 Å². The van der Waals surface area contributed by atoms with E-state index in [9.17, 15) is 9.59 Å². The molecule has 1 rings (SSSR count). The van der Waals surface area contributed by atoms with E-state index >= 15 is 0 Å². The second-order valence-corrected chi connectivity index (χ2v) is 5.23. The van der Waals surface area contributed by atoms with Gasteiger partial charge in [0.1, 0.15) is 0 Å². The molecule has 0 saturated heterocycles. The van der Waals surface area contributed by atoms with Gasteiger partial charge in [-0.3, -0.25) is 9.59 Å². The summed E-state index contributed by atoms with van der Waals surface area (Å²) in [6.07, 6.45) is 1.15. The molecule has 0 saturated carbocycles. The number of hydrogen-bond acceptors (Lipinski definition) is 2. The maximum atomic E-state index is 11.5. The molecule has 0 unspecified atom stereocenters. The number of carbonyl (C=O) groups is 2. The van der Waals surface area contributed by atoms with E-state index in [4.69, 9.17) is 0 Å². The minimum absolute atomic E-state index is 0.0300. The Morgan fingerprint density at radius 2 is 1.70 bits per heavy atom. The smallest absolute Gasteiger partial charge is 0.221 e. The molecule has 1 aromatic carbocycles. The van der Waals surface area contributed by atoms with E-state index in [1.165, 1.54) is 18.1 Å². The van der Waals surface area contributed by atoms with E-state index in [1.54, 1.807) is 0 Å². The minimum Gasteiger partial charge on any atom is -0.356 e. The topological polar surface area (TPSA) is 58.2 Å². The molecule has 0 spiro atoms. The lowest BCUT2D eigenvalue weighted by molar-refractivity contribution is -0.121. The van der Waals surface area contributed by atoms with E-state index < -0.39 is 0 Å². The molecule has 2 amide bonds. The van der Waals surface area contributed by atoms with E-state index in [1.807, 2.05) is 0 Å². The van der Waals surface area contributed by atoms with Gasteiger partial charge in [-0.15, -0.1) is 0 Å². The van der Waals surface area contributed by atoms with Crippen LogP contribution in [0.3, 0.4) is 0 Å². The van der Waals surface area contributed by atoms with Gasteiger partial charge in [-0.1, -0.05) is 38.1 Å². The number of nitrogens with one attached hydrogen (secondary N) is 2. The zero-order valence-corrected chi connectivity index (χ0v) is 12.5. The third-order valence-corrected chi connectivity index (χ3v) is 3.11. The largest absolute Gasteiger partial charge is 0.356 e. The van der Waals surface area contributed by atoms with Crippen LogP contribution in [-0.4, -0.2) is 24.9 Å². The van der Waals surface area contributed by atoms with Crippen molar-refractivity contribution in [3.8, 4) is 0 Å². The van der Waals surface area contributed by atoms with Gasteiger partial charge in [0.2, 0.25) is 11.8 Å². The fourth-order valence-corrected chi connectivity index (χ4v) is 1.86. The molecule has 4 heteroatoms. The molecule has 20 heavy (non-hydrogen) atoms. The van der Waals surface area contributed by atoms with Crippen molar-refractivity contribution in [1.29, 1.82) is 0 Å². The van der Waals surface area contributed by atoms with E-state index in [2.05, 4.69) is 48.7 Å². The van der Waals surface area contributed by atoms with Crippen molar-refractivity contribution in [2.75, 3.05) is 13.1 Å². The average molecular weight is 276 g/mol. The van der Waals surface area contributed by atoms with Crippen molar-refractivity contribution < 1.29 is 9.59 Å². The lowest BCUT2D eigenvalue weighted by atomic mass is 10.0. The number of rotatable bonds is 7. The summed E-state index contributed by atoms with van der Waals surface area (Å²) in [6, 6.07) is 8.49. The quantitative estimate of drug-likeness (QED) is 0.800. The fraction of sp³-hybridized carbons (Fsp3) is 0.500. The first-order valence-corrected chi connectivity index (χ1v) is 7.09. The predicted molar refractivity (Wildman–Crippen MR) is 80.5 cm³/mol. The third-order valence-electron chi connectivity index (χ3n) is 3.11. The Bertz CT molecular complexity index is 438. The third kappa shape index (κ3) is 6.36. The first-order valence-electron chi connectivity index (χ1n) is 7.09. The number of hydrogen-bond donors (Lipinski definition) is 2. The highest BCUT2D eigenvalue weighted by atomic mass is 16.2. The normalized spacial score (nSPS) is 10.4. The van der Waals surface area contributed by atoms with Gasteiger partial charge >= 0.3 is 0 Å². The molecule has 2 N–H and O–H groups in total. The second kappa shape index (κ2) is 8.35. The van der Waals surface area contributed by atoms with Crippen LogP contribution in [-0.2, 0) is 16.0 Å². The predicted octanol–water partition coefficient (Wildman–Crippen LogP) is 1.99. The highest BCUT2D eigenvalue weighted by Gasteiger charge is 2.02. The molecular formula is C16H24N2O2. The maximum Gasteiger partial charge on any atom is 0.221 e. The molecule has 1 aromatic rings. The summed E-state index contributed by atoms with van der Waals surface area (Å²) < 4.78 is 0. The van der Waals surface area contributed by atoms with Crippen molar-refractivity contribution in [3.05, 3.63) is 35.4 Å². The van der Waals surface area contributed by atoms with Gasteiger partial charge in [-0.05, 0) is 23.5 Å². The summed E-state index contributed by atoms with van der Waals surface area (Å²) in [4.78, 5) is 22.2. The zero-order valence-electron chi connectivity index (χ0n) is 12.5. The van der Waals surface area contributed by atoms with E-state index in [0.29, 0.717) is 25.4 Å². The van der Waals surface area contributed by atoms with Gasteiger partial charge in [0, 0.05) is 26.4 Å². The van der Waals surface area contributed by atoms with Gasteiger partial charge in [0.15, 0.2) is 0 Å². The Labute approximate surface area is 121 Å². The molecule has 0 aliphatic carbocycles. The summed E-state index contributed by atoms with van der Waals surface area (Å²) >= 11 is 0. The number of benzene rings is 1. The molecule has 0 radical (unpaired) electrons. The Balaban J connectivity index is 2.23. The van der Waals surface area contributed by atoms with Gasteiger partial charge in [0.25, 0.3) is 0 Å². The monoisotopic (exact) mass is 276 g/mol. The summed E-state index contributed by atoms with van der Waals surface area (Å²) in [6.45, 7) is 6.80. The van der Waals surface area contributed by atoms with E-state index in [0.717, 1.165) is 6.42 Å². The molecule has 0 bridgehead atoms. The number of amides is 2. The summed E-state index contributed by atoms with van der Waals surface area (Å²) in [7, 11) is 0. The van der Waals surface area contributed by atoms with Crippen LogP contribution in [0.1, 0.15) is 44.2 Å². The highest BCUT2D eigenvalue weighted by Crippen LogP contribution is 2.14. The maximum absolute atomic E-state index is 11.5. The highest BCUT2D eigenvalue weighted by molar-refractivity contribution is 5.77. The first-order chi connectivity index (χ1) is 9.49. The van der Waals surface area contributed by atoms with Gasteiger partial charge in [-0.25, -0.2) is 0 Å². The number of carbonyl (C=O) groups excluding carboxylic acids is 2. The Morgan fingerprint density at radius 1 is 1.05 bits per heavy atom. The molecule has 0 aliphatic rings. The lowest BCUT2D eigenvalue weighted by Crippen LogP contribution is -2.30. The average Bonchev–Trinajstić information content (AvgIpc) is 2.39. The standard InChI is InChI=1S/C16H24N2O2/c1-12(2)15-6-4-14(5-7-15)8-10-18-16(20)9-11-17-13(3)19/h4-7,12H,8-11H2,1-3H3,(H,17,19)(H,18,20). The van der Waals surface area contributed by atoms with Gasteiger partial charge in [-0.2, -0.15) is 0 Å². The molecular weight excluding hydrogens is 252 g/mol. The van der Waals surface area contributed by atoms with Crippen LogP contribution in [0.15, 0.2) is 24.3 Å². The molecule has 0 heterocycles. The minimum atomic E-state index is -0.108. The van der Waals surface area contributed by atoms with Crippen LogP contribution in [0, 0.1) is 0 Å². The van der Waals surface area contributed by atoms with E-state index in [-0.39, 0.29) is 11.8 Å². The van der Waals surface area contributed by atoms with Gasteiger partial charge in [0.05, 0.1) is 0 Å². The van der Waals surface area contributed by atoms with Crippen molar-refractivity contribution >= 4 is 11.8 Å². The summed E-state index contributed by atoms with van der Waals surface area (Å²) in [5.74, 6) is 0.401. The van der Waals surface area contributed by atoms with Crippen LogP contribution in [0.5, 0.6) is 0 Å². The molecule has 4 nitrogen and oxygen atoms in total. The summed E-state index contributed by atoms with van der Waals surface area (Å²) in [5, 5.41) is 5.45. The molecule has 0 atom stereocenters. The van der Waals surface area contributed by atoms with Crippen molar-refractivity contribution in [1.82, 2.24) is 10.6 Å². The molecule has 110 valence electrons. The molecule has 0 fully saturated rings. The van der Waals surface area contributed by atoms with Crippen LogP contribution >= 0.6 is 0 Å². The van der Waals surface area contributed by atoms with Crippen LogP contribution in [0.25, 0.3) is 0 Å². The fourth-order valence-electron chi connectivity index (χ4n) is 1.86. The molecule has 0 aromatic heterocycles. The van der Waals surface area contributed by atoms with Crippen LogP contribution in [0.4, 0.5) is 0 Å². The Morgan fingerprint density at radius 3 is 2.25 bits per heavy atom. The zero-order chi connectivity index (χ0) is 15.0. The Kier molecular flexibility index (Phi) is 6.77. The van der Waals surface area contributed by atoms with Crippen LogP contribution < -0.4 is 10.6 Å². The van der Waals surface area contributed by atoms with Gasteiger partial charge < -0.3 is 10.6 Å². The van der Waals surface area contributed by atoms with Crippen LogP contribution in [0.2, 0.25) is 0 Å². The molecule has 0 aliphatic heterocycles. The van der Waals surface area contributed by atoms with Crippen molar-refractivity contribution in [2.45, 2.75) is 39.5 Å². The first kappa shape index (κ1) is 16.2. The van der Waals surface area contributed by atoms with Crippen molar-refractivity contribution in [2.24, 2.45) is 0 Å². The SMILES string of the molecule is CC(=O)NCCC(=O)NCCc1ccc(C(C)C)cc1. The second-order valence-electron chi connectivity index (χ2n) is 5.23. The summed E-state index contributed by atoms with van der Waals surface area (Å²) in [5.41, 5.74) is 2.55. The Hall–Kier alpha value is -1.84.